The standard InChI is InChI=1S/C14H18BrN/c1-9-2-7-12(15)13(8-9)16-14(10-3-4-10)11-5-6-11/h2,7-8,10-11,14,16H,3-6H2,1H3. The summed E-state index contributed by atoms with van der Waals surface area (Å²) in [5, 5.41) is 3.77. The molecule has 0 amide bonds. The van der Waals surface area contributed by atoms with Gasteiger partial charge in [-0.25, -0.2) is 0 Å². The van der Waals surface area contributed by atoms with Gasteiger partial charge in [-0.1, -0.05) is 6.07 Å². The molecule has 1 aromatic rings. The van der Waals surface area contributed by atoms with E-state index in [1.54, 1.807) is 0 Å². The number of rotatable bonds is 4. The van der Waals surface area contributed by atoms with Gasteiger partial charge in [-0.05, 0) is 78.1 Å². The molecule has 86 valence electrons. The van der Waals surface area contributed by atoms with Crippen LogP contribution < -0.4 is 5.32 Å². The molecule has 2 aliphatic carbocycles. The van der Waals surface area contributed by atoms with E-state index in [4.69, 9.17) is 0 Å². The topological polar surface area (TPSA) is 12.0 Å². The van der Waals surface area contributed by atoms with E-state index in [0.29, 0.717) is 0 Å². The number of aryl methyl sites for hydroxylation is 1. The third-order valence-corrected chi connectivity index (χ3v) is 4.40. The van der Waals surface area contributed by atoms with E-state index in [2.05, 4.69) is 46.4 Å². The molecule has 2 heteroatoms. The van der Waals surface area contributed by atoms with Crippen LogP contribution in [0.15, 0.2) is 22.7 Å². The van der Waals surface area contributed by atoms with Crippen LogP contribution in [0.1, 0.15) is 31.2 Å². The molecule has 0 unspecified atom stereocenters. The Kier molecular flexibility index (Phi) is 2.70. The quantitative estimate of drug-likeness (QED) is 0.864. The number of halogens is 1. The molecule has 0 atom stereocenters. The van der Waals surface area contributed by atoms with Crippen LogP contribution in [-0.2, 0) is 0 Å². The molecule has 1 aromatic carbocycles. The van der Waals surface area contributed by atoms with Crippen molar-refractivity contribution in [3.8, 4) is 0 Å². The summed E-state index contributed by atoms with van der Waals surface area (Å²) < 4.78 is 1.20. The maximum atomic E-state index is 3.77. The number of benzene rings is 1. The van der Waals surface area contributed by atoms with Gasteiger partial charge in [-0.15, -0.1) is 0 Å². The maximum Gasteiger partial charge on any atom is 0.0489 e. The molecule has 0 bridgehead atoms. The molecular formula is C14H18BrN. The van der Waals surface area contributed by atoms with Crippen molar-refractivity contribution in [2.45, 2.75) is 38.6 Å². The Morgan fingerprint density at radius 3 is 2.38 bits per heavy atom. The van der Waals surface area contributed by atoms with Gasteiger partial charge in [-0.3, -0.25) is 0 Å². The zero-order chi connectivity index (χ0) is 11.1. The van der Waals surface area contributed by atoms with Gasteiger partial charge in [0.15, 0.2) is 0 Å². The lowest BCUT2D eigenvalue weighted by molar-refractivity contribution is 0.567. The Morgan fingerprint density at radius 1 is 1.19 bits per heavy atom. The van der Waals surface area contributed by atoms with Crippen molar-refractivity contribution in [1.29, 1.82) is 0 Å². The molecule has 16 heavy (non-hydrogen) atoms. The monoisotopic (exact) mass is 279 g/mol. The normalized spacial score (nSPS) is 20.2. The zero-order valence-electron chi connectivity index (χ0n) is 9.67. The average molecular weight is 280 g/mol. The molecule has 0 saturated heterocycles. The van der Waals surface area contributed by atoms with Crippen molar-refractivity contribution in [2.24, 2.45) is 11.8 Å². The molecule has 2 fully saturated rings. The average Bonchev–Trinajstić information content (AvgIpc) is 3.13. The van der Waals surface area contributed by atoms with Crippen molar-refractivity contribution in [2.75, 3.05) is 5.32 Å². The highest BCUT2D eigenvalue weighted by Gasteiger charge is 2.41. The van der Waals surface area contributed by atoms with Crippen LogP contribution in [-0.4, -0.2) is 6.04 Å². The SMILES string of the molecule is Cc1ccc(Br)c(NC(C2CC2)C2CC2)c1. The fraction of sp³-hybridized carbons (Fsp3) is 0.571. The summed E-state index contributed by atoms with van der Waals surface area (Å²) in [6, 6.07) is 7.28. The van der Waals surface area contributed by atoms with Crippen molar-refractivity contribution in [3.05, 3.63) is 28.2 Å². The van der Waals surface area contributed by atoms with E-state index in [9.17, 15) is 0 Å². The number of hydrogen-bond acceptors (Lipinski definition) is 1. The first-order chi connectivity index (χ1) is 7.74. The van der Waals surface area contributed by atoms with Crippen LogP contribution in [0, 0.1) is 18.8 Å². The summed E-state index contributed by atoms with van der Waals surface area (Å²) in [7, 11) is 0. The lowest BCUT2D eigenvalue weighted by Gasteiger charge is -2.20. The Labute approximate surface area is 106 Å². The summed E-state index contributed by atoms with van der Waals surface area (Å²) in [5.41, 5.74) is 2.61. The van der Waals surface area contributed by atoms with Gasteiger partial charge in [0.05, 0.1) is 0 Å². The van der Waals surface area contributed by atoms with Crippen LogP contribution in [0.3, 0.4) is 0 Å². The number of nitrogens with one attached hydrogen (secondary N) is 1. The summed E-state index contributed by atoms with van der Waals surface area (Å²) >= 11 is 3.64. The predicted molar refractivity (Wildman–Crippen MR) is 71.7 cm³/mol. The smallest absolute Gasteiger partial charge is 0.0489 e. The largest absolute Gasteiger partial charge is 0.381 e. The first kappa shape index (κ1) is 10.6. The van der Waals surface area contributed by atoms with Crippen molar-refractivity contribution in [1.82, 2.24) is 0 Å². The Morgan fingerprint density at radius 2 is 1.81 bits per heavy atom. The third kappa shape index (κ3) is 2.27. The van der Waals surface area contributed by atoms with Crippen LogP contribution in [0.5, 0.6) is 0 Å². The molecule has 0 radical (unpaired) electrons. The molecule has 3 rings (SSSR count). The maximum absolute atomic E-state index is 3.77. The minimum Gasteiger partial charge on any atom is -0.381 e. The van der Waals surface area contributed by atoms with E-state index in [0.717, 1.165) is 17.9 Å². The van der Waals surface area contributed by atoms with Crippen molar-refractivity contribution in [3.63, 3.8) is 0 Å². The van der Waals surface area contributed by atoms with E-state index in [1.165, 1.54) is 41.4 Å². The van der Waals surface area contributed by atoms with Gasteiger partial charge in [0.1, 0.15) is 0 Å². The minimum atomic E-state index is 0.734. The van der Waals surface area contributed by atoms with Gasteiger partial charge in [-0.2, -0.15) is 0 Å². The second-order valence-corrected chi connectivity index (χ2v) is 6.18. The predicted octanol–water partition coefficient (Wildman–Crippen LogP) is 4.36. The van der Waals surface area contributed by atoms with Crippen LogP contribution in [0.2, 0.25) is 0 Å². The first-order valence-electron chi connectivity index (χ1n) is 6.27. The lowest BCUT2D eigenvalue weighted by atomic mass is 10.1. The van der Waals surface area contributed by atoms with Gasteiger partial charge >= 0.3 is 0 Å². The molecule has 2 aliphatic rings. The van der Waals surface area contributed by atoms with Crippen LogP contribution in [0.4, 0.5) is 5.69 Å². The summed E-state index contributed by atoms with van der Waals surface area (Å²) in [4.78, 5) is 0. The van der Waals surface area contributed by atoms with E-state index < -0.39 is 0 Å². The summed E-state index contributed by atoms with van der Waals surface area (Å²) in [5.74, 6) is 1.89. The molecule has 0 aliphatic heterocycles. The Balaban J connectivity index is 1.78. The molecule has 0 spiro atoms. The van der Waals surface area contributed by atoms with Crippen molar-refractivity contribution >= 4 is 21.6 Å². The summed E-state index contributed by atoms with van der Waals surface area (Å²) in [6.07, 6.45) is 5.71. The Bertz CT molecular complexity index is 382. The zero-order valence-corrected chi connectivity index (χ0v) is 11.3. The van der Waals surface area contributed by atoms with Gasteiger partial charge in [0.25, 0.3) is 0 Å². The fourth-order valence-corrected chi connectivity index (χ4v) is 2.82. The van der Waals surface area contributed by atoms with Crippen molar-refractivity contribution < 1.29 is 0 Å². The molecular weight excluding hydrogens is 262 g/mol. The lowest BCUT2D eigenvalue weighted by Crippen LogP contribution is -2.24. The second-order valence-electron chi connectivity index (χ2n) is 5.33. The Hall–Kier alpha value is -0.500. The second kappa shape index (κ2) is 4.06. The molecule has 0 heterocycles. The molecule has 0 aromatic heterocycles. The highest BCUT2D eigenvalue weighted by Crippen LogP contribution is 2.46. The molecule has 1 nitrogen and oxygen atoms in total. The highest BCUT2D eigenvalue weighted by atomic mass is 79.9. The third-order valence-electron chi connectivity index (χ3n) is 3.70. The fourth-order valence-electron chi connectivity index (χ4n) is 2.46. The van der Waals surface area contributed by atoms with Crippen LogP contribution >= 0.6 is 15.9 Å². The molecule has 2 saturated carbocycles. The van der Waals surface area contributed by atoms with Gasteiger partial charge < -0.3 is 5.32 Å². The molecule has 1 N–H and O–H groups in total. The van der Waals surface area contributed by atoms with Gasteiger partial charge in [0, 0.05) is 16.2 Å². The number of anilines is 1. The van der Waals surface area contributed by atoms with E-state index in [-0.39, 0.29) is 0 Å². The van der Waals surface area contributed by atoms with Gasteiger partial charge in [0.2, 0.25) is 0 Å². The summed E-state index contributed by atoms with van der Waals surface area (Å²) in [6.45, 7) is 2.15. The van der Waals surface area contributed by atoms with Crippen LogP contribution in [0.25, 0.3) is 0 Å². The minimum absolute atomic E-state index is 0.734. The first-order valence-corrected chi connectivity index (χ1v) is 7.06. The van der Waals surface area contributed by atoms with E-state index >= 15 is 0 Å². The van der Waals surface area contributed by atoms with E-state index in [1.807, 2.05) is 0 Å². The number of hydrogen-bond donors (Lipinski definition) is 1. The highest BCUT2D eigenvalue weighted by molar-refractivity contribution is 9.10.